The molecule has 0 saturated heterocycles. The maximum absolute atomic E-state index is 12.4. The largest absolute Gasteiger partial charge is 0.496 e. The minimum atomic E-state index is -0.0375. The monoisotopic (exact) mass is 262 g/mol. The van der Waals surface area contributed by atoms with Crippen LogP contribution in [0.25, 0.3) is 0 Å². The Bertz CT molecular complexity index is 465. The summed E-state index contributed by atoms with van der Waals surface area (Å²) in [6.07, 6.45) is 0.559. The maximum atomic E-state index is 12.4. The molecule has 0 N–H and O–H groups in total. The van der Waals surface area contributed by atoms with Crippen LogP contribution in [0, 0.1) is 12.8 Å². The number of rotatable bonds is 4. The fraction of sp³-hybridized carbons (Fsp3) is 0.588. The zero-order chi connectivity index (χ0) is 14.8. The normalized spacial score (nSPS) is 11.8. The molecule has 0 atom stereocenters. The van der Waals surface area contributed by atoms with E-state index in [1.54, 1.807) is 7.11 Å². The molecule has 0 spiro atoms. The lowest BCUT2D eigenvalue weighted by Gasteiger charge is -2.24. The summed E-state index contributed by atoms with van der Waals surface area (Å²) in [5, 5.41) is 0. The van der Waals surface area contributed by atoms with Gasteiger partial charge in [-0.1, -0.05) is 40.7 Å². The van der Waals surface area contributed by atoms with Crippen molar-refractivity contribution >= 4 is 5.78 Å². The number of methoxy groups -OCH3 is 1. The third kappa shape index (κ3) is 3.82. The van der Waals surface area contributed by atoms with Gasteiger partial charge in [-0.05, 0) is 29.9 Å². The predicted octanol–water partition coefficient (Wildman–Crippen LogP) is 4.53. The molecule has 1 aromatic rings. The van der Waals surface area contributed by atoms with Crippen LogP contribution in [0.2, 0.25) is 0 Å². The Labute approximate surface area is 117 Å². The highest BCUT2D eigenvalue weighted by Crippen LogP contribution is 2.36. The number of carbonyl (C=O) groups excluding carboxylic acids is 1. The Morgan fingerprint density at radius 3 is 2.26 bits per heavy atom. The van der Waals surface area contributed by atoms with Crippen LogP contribution in [-0.2, 0) is 5.41 Å². The van der Waals surface area contributed by atoms with Gasteiger partial charge < -0.3 is 4.74 Å². The van der Waals surface area contributed by atoms with Gasteiger partial charge in [-0.25, -0.2) is 0 Å². The third-order valence-corrected chi connectivity index (χ3v) is 3.14. The van der Waals surface area contributed by atoms with Crippen LogP contribution < -0.4 is 4.74 Å². The molecule has 1 aromatic carbocycles. The number of ether oxygens (including phenoxy) is 1. The summed E-state index contributed by atoms with van der Waals surface area (Å²) in [4.78, 5) is 12.4. The zero-order valence-corrected chi connectivity index (χ0v) is 13.3. The average Bonchev–Trinajstić information content (AvgIpc) is 2.25. The van der Waals surface area contributed by atoms with Crippen molar-refractivity contribution in [1.29, 1.82) is 0 Å². The average molecular weight is 262 g/mol. The molecular formula is C17H26O2. The standard InChI is InChI=1S/C17H26O2/c1-11(2)8-15(18)13-9-12(3)10-14(16(13)19-7)17(4,5)6/h9-11H,8H2,1-7H3. The number of aryl methyl sites for hydroxylation is 1. The molecule has 0 amide bonds. The summed E-state index contributed by atoms with van der Waals surface area (Å²) in [5.41, 5.74) is 2.89. The van der Waals surface area contributed by atoms with Crippen LogP contribution in [0.3, 0.4) is 0 Å². The minimum absolute atomic E-state index is 0.0375. The molecule has 0 aromatic heterocycles. The highest BCUT2D eigenvalue weighted by molar-refractivity contribution is 5.99. The Hall–Kier alpha value is -1.31. The summed E-state index contributed by atoms with van der Waals surface area (Å²) in [6, 6.07) is 4.06. The SMILES string of the molecule is COc1c(C(=O)CC(C)C)cc(C)cc1C(C)(C)C. The first-order valence-corrected chi connectivity index (χ1v) is 6.89. The van der Waals surface area contributed by atoms with Gasteiger partial charge in [-0.2, -0.15) is 0 Å². The molecule has 0 radical (unpaired) electrons. The van der Waals surface area contributed by atoms with E-state index in [1.807, 2.05) is 13.0 Å². The summed E-state index contributed by atoms with van der Waals surface area (Å²) < 4.78 is 5.54. The van der Waals surface area contributed by atoms with E-state index in [4.69, 9.17) is 4.74 Å². The van der Waals surface area contributed by atoms with Crippen molar-refractivity contribution in [3.05, 3.63) is 28.8 Å². The molecule has 0 heterocycles. The van der Waals surface area contributed by atoms with Crippen molar-refractivity contribution in [3.8, 4) is 5.75 Å². The van der Waals surface area contributed by atoms with Crippen molar-refractivity contribution in [2.45, 2.75) is 53.4 Å². The molecule has 0 unspecified atom stereocenters. The molecule has 2 nitrogen and oxygen atoms in total. The van der Waals surface area contributed by atoms with Crippen LogP contribution in [0.15, 0.2) is 12.1 Å². The number of hydrogen-bond donors (Lipinski definition) is 0. The molecule has 0 aliphatic rings. The van der Waals surface area contributed by atoms with E-state index in [0.29, 0.717) is 12.3 Å². The van der Waals surface area contributed by atoms with Gasteiger partial charge in [-0.15, -0.1) is 0 Å². The zero-order valence-electron chi connectivity index (χ0n) is 13.3. The summed E-state index contributed by atoms with van der Waals surface area (Å²) in [6.45, 7) is 12.6. The van der Waals surface area contributed by atoms with Crippen molar-refractivity contribution in [2.75, 3.05) is 7.11 Å². The number of hydrogen-bond acceptors (Lipinski definition) is 2. The molecule has 2 heteroatoms. The lowest BCUT2D eigenvalue weighted by molar-refractivity contribution is 0.0964. The Morgan fingerprint density at radius 2 is 1.84 bits per heavy atom. The molecule has 0 aliphatic heterocycles. The van der Waals surface area contributed by atoms with Gasteiger partial charge in [0.05, 0.1) is 12.7 Å². The molecular weight excluding hydrogens is 236 g/mol. The van der Waals surface area contributed by atoms with Crippen molar-refractivity contribution < 1.29 is 9.53 Å². The van der Waals surface area contributed by atoms with Crippen LogP contribution in [0.4, 0.5) is 0 Å². The molecule has 106 valence electrons. The van der Waals surface area contributed by atoms with Gasteiger partial charge in [0.2, 0.25) is 0 Å². The summed E-state index contributed by atoms with van der Waals surface area (Å²) in [7, 11) is 1.64. The number of carbonyl (C=O) groups is 1. The van der Waals surface area contributed by atoms with Crippen LogP contribution >= 0.6 is 0 Å². The van der Waals surface area contributed by atoms with Crippen LogP contribution in [0.1, 0.15) is 62.5 Å². The summed E-state index contributed by atoms with van der Waals surface area (Å²) in [5.74, 6) is 1.26. The molecule has 0 bridgehead atoms. The fourth-order valence-corrected chi connectivity index (χ4v) is 2.24. The van der Waals surface area contributed by atoms with E-state index in [-0.39, 0.29) is 11.2 Å². The maximum Gasteiger partial charge on any atom is 0.166 e. The van der Waals surface area contributed by atoms with Crippen molar-refractivity contribution in [3.63, 3.8) is 0 Å². The second-order valence-corrected chi connectivity index (χ2v) is 6.66. The first kappa shape index (κ1) is 15.7. The smallest absolute Gasteiger partial charge is 0.166 e. The lowest BCUT2D eigenvalue weighted by Crippen LogP contribution is -2.16. The van der Waals surface area contributed by atoms with E-state index < -0.39 is 0 Å². The fourth-order valence-electron chi connectivity index (χ4n) is 2.24. The van der Waals surface area contributed by atoms with E-state index in [9.17, 15) is 4.79 Å². The quantitative estimate of drug-likeness (QED) is 0.745. The third-order valence-electron chi connectivity index (χ3n) is 3.14. The van der Waals surface area contributed by atoms with Crippen LogP contribution in [0.5, 0.6) is 5.75 Å². The number of benzene rings is 1. The topological polar surface area (TPSA) is 26.3 Å². The van der Waals surface area contributed by atoms with Crippen molar-refractivity contribution in [2.24, 2.45) is 5.92 Å². The van der Waals surface area contributed by atoms with E-state index in [0.717, 1.165) is 22.4 Å². The van der Waals surface area contributed by atoms with E-state index in [2.05, 4.69) is 40.7 Å². The second kappa shape index (κ2) is 5.77. The lowest BCUT2D eigenvalue weighted by atomic mass is 9.83. The van der Waals surface area contributed by atoms with Gasteiger partial charge >= 0.3 is 0 Å². The van der Waals surface area contributed by atoms with E-state index >= 15 is 0 Å². The Balaban J connectivity index is 3.39. The second-order valence-electron chi connectivity index (χ2n) is 6.66. The van der Waals surface area contributed by atoms with Gasteiger partial charge in [0.15, 0.2) is 5.78 Å². The Morgan fingerprint density at radius 1 is 1.26 bits per heavy atom. The first-order valence-electron chi connectivity index (χ1n) is 6.89. The predicted molar refractivity (Wildman–Crippen MR) is 80.2 cm³/mol. The Kier molecular flexibility index (Phi) is 4.78. The van der Waals surface area contributed by atoms with Crippen molar-refractivity contribution in [1.82, 2.24) is 0 Å². The van der Waals surface area contributed by atoms with Gasteiger partial charge in [0, 0.05) is 12.0 Å². The molecule has 0 fully saturated rings. The van der Waals surface area contributed by atoms with Gasteiger partial charge in [0.25, 0.3) is 0 Å². The minimum Gasteiger partial charge on any atom is -0.496 e. The van der Waals surface area contributed by atoms with E-state index in [1.165, 1.54) is 0 Å². The number of ketones is 1. The first-order chi connectivity index (χ1) is 8.66. The van der Waals surface area contributed by atoms with Gasteiger partial charge in [-0.3, -0.25) is 4.79 Å². The highest BCUT2D eigenvalue weighted by atomic mass is 16.5. The number of Topliss-reactive ketones (excluding diaryl/α,β-unsaturated/α-hetero) is 1. The highest BCUT2D eigenvalue weighted by Gasteiger charge is 2.24. The molecule has 0 aliphatic carbocycles. The van der Waals surface area contributed by atoms with Crippen LogP contribution in [-0.4, -0.2) is 12.9 Å². The molecule has 19 heavy (non-hydrogen) atoms. The molecule has 0 saturated carbocycles. The summed E-state index contributed by atoms with van der Waals surface area (Å²) >= 11 is 0. The van der Waals surface area contributed by atoms with Gasteiger partial charge in [0.1, 0.15) is 5.75 Å². The molecule has 1 rings (SSSR count).